The van der Waals surface area contributed by atoms with Gasteiger partial charge in [-0.15, -0.1) is 0 Å². The Morgan fingerprint density at radius 1 is 1.42 bits per heavy atom. The fraction of sp³-hybridized carbons (Fsp3) is 0.500. The van der Waals surface area contributed by atoms with E-state index in [0.717, 1.165) is 10.9 Å². The summed E-state index contributed by atoms with van der Waals surface area (Å²) in [6.07, 6.45) is 1.54. The topological polar surface area (TPSA) is 69.6 Å². The van der Waals surface area contributed by atoms with Crippen molar-refractivity contribution in [2.75, 3.05) is 13.2 Å². The molecule has 19 heavy (non-hydrogen) atoms. The van der Waals surface area contributed by atoms with Gasteiger partial charge in [0.05, 0.1) is 5.56 Å². The van der Waals surface area contributed by atoms with Crippen LogP contribution >= 0.6 is 15.9 Å². The molecule has 3 N–H and O–H groups in total. The van der Waals surface area contributed by atoms with Crippen LogP contribution in [0.1, 0.15) is 37.0 Å². The number of hydrogen-bond donors (Lipinski definition) is 3. The molecule has 0 bridgehead atoms. The molecule has 0 saturated carbocycles. The van der Waals surface area contributed by atoms with Crippen molar-refractivity contribution in [2.24, 2.45) is 5.41 Å². The Morgan fingerprint density at radius 3 is 2.68 bits per heavy atom. The Kier molecular flexibility index (Phi) is 5.82. The Balaban J connectivity index is 2.60. The molecule has 0 aliphatic carbocycles. The van der Waals surface area contributed by atoms with Gasteiger partial charge in [0.1, 0.15) is 5.75 Å². The summed E-state index contributed by atoms with van der Waals surface area (Å²) in [6, 6.07) is 4.78. The smallest absolute Gasteiger partial charge is 0.255 e. The summed E-state index contributed by atoms with van der Waals surface area (Å²) in [4.78, 5) is 12.0. The number of phenols is 1. The largest absolute Gasteiger partial charge is 0.507 e. The SMILES string of the molecule is CC(C)(CCCO)CNC(=O)c1ccc(Br)cc1O. The summed E-state index contributed by atoms with van der Waals surface area (Å²) in [7, 11) is 0. The van der Waals surface area contributed by atoms with Gasteiger partial charge in [-0.3, -0.25) is 4.79 Å². The number of aliphatic hydroxyl groups is 1. The normalized spacial score (nSPS) is 11.4. The molecule has 0 heterocycles. The third kappa shape index (κ3) is 5.20. The summed E-state index contributed by atoms with van der Waals surface area (Å²) in [6.45, 7) is 4.72. The van der Waals surface area contributed by atoms with Gasteiger partial charge in [-0.1, -0.05) is 29.8 Å². The molecule has 0 unspecified atom stereocenters. The number of carbonyl (C=O) groups excluding carboxylic acids is 1. The first kappa shape index (κ1) is 16.0. The maximum Gasteiger partial charge on any atom is 0.255 e. The second-order valence-electron chi connectivity index (χ2n) is 5.34. The lowest BCUT2D eigenvalue weighted by Gasteiger charge is -2.24. The highest BCUT2D eigenvalue weighted by atomic mass is 79.9. The molecule has 1 aromatic rings. The van der Waals surface area contributed by atoms with Crippen molar-refractivity contribution in [3.8, 4) is 5.75 Å². The van der Waals surface area contributed by atoms with Gasteiger partial charge in [-0.25, -0.2) is 0 Å². The zero-order valence-corrected chi connectivity index (χ0v) is 12.8. The van der Waals surface area contributed by atoms with Crippen molar-refractivity contribution in [3.63, 3.8) is 0 Å². The van der Waals surface area contributed by atoms with E-state index in [9.17, 15) is 9.90 Å². The van der Waals surface area contributed by atoms with Crippen molar-refractivity contribution >= 4 is 21.8 Å². The molecule has 106 valence electrons. The van der Waals surface area contributed by atoms with E-state index < -0.39 is 0 Å². The number of amides is 1. The Labute approximate surface area is 122 Å². The molecule has 4 nitrogen and oxygen atoms in total. The van der Waals surface area contributed by atoms with Crippen molar-refractivity contribution < 1.29 is 15.0 Å². The molecule has 0 atom stereocenters. The van der Waals surface area contributed by atoms with Crippen LogP contribution in [0.2, 0.25) is 0 Å². The van der Waals surface area contributed by atoms with Gasteiger partial charge in [0.15, 0.2) is 0 Å². The minimum absolute atomic E-state index is 0.0416. The maximum absolute atomic E-state index is 12.0. The van der Waals surface area contributed by atoms with E-state index in [4.69, 9.17) is 5.11 Å². The van der Waals surface area contributed by atoms with Crippen LogP contribution in [0.4, 0.5) is 0 Å². The quantitative estimate of drug-likeness (QED) is 0.751. The Morgan fingerprint density at radius 2 is 2.11 bits per heavy atom. The minimum atomic E-state index is -0.290. The van der Waals surface area contributed by atoms with Crippen LogP contribution in [0.15, 0.2) is 22.7 Å². The number of rotatable bonds is 6. The first-order valence-corrected chi connectivity index (χ1v) is 7.02. The number of benzene rings is 1. The monoisotopic (exact) mass is 329 g/mol. The molecule has 0 aliphatic rings. The molecule has 1 aromatic carbocycles. The molecule has 1 rings (SSSR count). The third-order valence-corrected chi connectivity index (χ3v) is 3.44. The first-order chi connectivity index (χ1) is 8.85. The third-order valence-electron chi connectivity index (χ3n) is 2.94. The highest BCUT2D eigenvalue weighted by molar-refractivity contribution is 9.10. The number of halogens is 1. The summed E-state index contributed by atoms with van der Waals surface area (Å²) in [5, 5.41) is 21.3. The molecule has 0 aromatic heterocycles. The van der Waals surface area contributed by atoms with E-state index in [-0.39, 0.29) is 29.2 Å². The van der Waals surface area contributed by atoms with Crippen molar-refractivity contribution in [1.82, 2.24) is 5.32 Å². The summed E-state index contributed by atoms with van der Waals surface area (Å²) in [5.74, 6) is -0.331. The second kappa shape index (κ2) is 6.91. The van der Waals surface area contributed by atoms with Crippen molar-refractivity contribution in [1.29, 1.82) is 0 Å². The van der Waals surface area contributed by atoms with Gasteiger partial charge < -0.3 is 15.5 Å². The van der Waals surface area contributed by atoms with Crippen LogP contribution in [0, 0.1) is 5.41 Å². The summed E-state index contributed by atoms with van der Waals surface area (Å²) in [5.41, 5.74) is 0.185. The van der Waals surface area contributed by atoms with E-state index in [1.54, 1.807) is 12.1 Å². The molecule has 0 radical (unpaired) electrons. The van der Waals surface area contributed by atoms with Crippen molar-refractivity contribution in [3.05, 3.63) is 28.2 Å². The van der Waals surface area contributed by atoms with E-state index >= 15 is 0 Å². The number of carbonyl (C=O) groups is 1. The van der Waals surface area contributed by atoms with Crippen molar-refractivity contribution in [2.45, 2.75) is 26.7 Å². The van der Waals surface area contributed by atoms with Crippen LogP contribution < -0.4 is 5.32 Å². The molecular formula is C14H20BrNO3. The number of hydrogen-bond acceptors (Lipinski definition) is 3. The van der Waals surface area contributed by atoms with Gasteiger partial charge in [0.2, 0.25) is 0 Å². The van der Waals surface area contributed by atoms with Crippen LogP contribution in [0.25, 0.3) is 0 Å². The predicted octanol–water partition coefficient (Wildman–Crippen LogP) is 2.68. The molecule has 0 fully saturated rings. The fourth-order valence-corrected chi connectivity index (χ4v) is 2.11. The molecule has 5 heteroatoms. The summed E-state index contributed by atoms with van der Waals surface area (Å²) >= 11 is 3.23. The zero-order valence-electron chi connectivity index (χ0n) is 11.2. The number of phenolic OH excluding ortho intramolecular Hbond substituents is 1. The molecular weight excluding hydrogens is 310 g/mol. The lowest BCUT2D eigenvalue weighted by atomic mass is 9.88. The number of aromatic hydroxyl groups is 1. The lowest BCUT2D eigenvalue weighted by molar-refractivity contribution is 0.0930. The molecule has 0 spiro atoms. The van der Waals surface area contributed by atoms with Crippen LogP contribution in [0.3, 0.4) is 0 Å². The number of aliphatic hydroxyl groups excluding tert-OH is 1. The van der Waals surface area contributed by atoms with Crippen LogP contribution in [-0.2, 0) is 0 Å². The Hall–Kier alpha value is -1.07. The highest BCUT2D eigenvalue weighted by Gasteiger charge is 2.19. The number of nitrogens with one attached hydrogen (secondary N) is 1. The second-order valence-corrected chi connectivity index (χ2v) is 6.25. The minimum Gasteiger partial charge on any atom is -0.507 e. The maximum atomic E-state index is 12.0. The van der Waals surface area contributed by atoms with E-state index in [1.165, 1.54) is 6.07 Å². The molecule has 0 saturated heterocycles. The van der Waals surface area contributed by atoms with Crippen LogP contribution in [0.5, 0.6) is 5.75 Å². The van der Waals surface area contributed by atoms with Gasteiger partial charge in [0.25, 0.3) is 5.91 Å². The first-order valence-electron chi connectivity index (χ1n) is 6.23. The van der Waals surface area contributed by atoms with E-state index in [0.29, 0.717) is 13.0 Å². The average molecular weight is 330 g/mol. The molecule has 0 aliphatic heterocycles. The lowest BCUT2D eigenvalue weighted by Crippen LogP contribution is -2.34. The molecule has 1 amide bonds. The Bertz CT molecular complexity index is 446. The van der Waals surface area contributed by atoms with Gasteiger partial charge in [0, 0.05) is 17.6 Å². The van der Waals surface area contributed by atoms with Crippen LogP contribution in [-0.4, -0.2) is 29.3 Å². The highest BCUT2D eigenvalue weighted by Crippen LogP contribution is 2.24. The fourth-order valence-electron chi connectivity index (χ4n) is 1.76. The van der Waals surface area contributed by atoms with E-state index in [1.807, 2.05) is 13.8 Å². The van der Waals surface area contributed by atoms with Gasteiger partial charge >= 0.3 is 0 Å². The standard InChI is InChI=1S/C14H20BrNO3/c1-14(2,6-3-7-17)9-16-13(19)11-5-4-10(15)8-12(11)18/h4-5,8,17-18H,3,6-7,9H2,1-2H3,(H,16,19). The van der Waals surface area contributed by atoms with E-state index in [2.05, 4.69) is 21.2 Å². The van der Waals surface area contributed by atoms with Gasteiger partial charge in [-0.05, 0) is 36.5 Å². The summed E-state index contributed by atoms with van der Waals surface area (Å²) < 4.78 is 0.727. The average Bonchev–Trinajstić information content (AvgIpc) is 2.34. The van der Waals surface area contributed by atoms with Gasteiger partial charge in [-0.2, -0.15) is 0 Å². The zero-order chi connectivity index (χ0) is 14.5. The predicted molar refractivity (Wildman–Crippen MR) is 78.2 cm³/mol.